The van der Waals surface area contributed by atoms with Crippen LogP contribution in [-0.2, 0) is 0 Å². The number of aromatic nitrogens is 4. The van der Waals surface area contributed by atoms with Crippen LogP contribution in [0.5, 0.6) is 5.88 Å². The minimum atomic E-state index is -0.351. The number of nitrogens with one attached hydrogen (secondary N) is 3. The number of H-pyrrole nitrogens is 2. The molecule has 1 unspecified atom stereocenters. The smallest absolute Gasteiger partial charge is 0.340 e. The molecule has 2 aromatic rings. The Hall–Kier alpha value is -2.15. The van der Waals surface area contributed by atoms with E-state index in [1.54, 1.807) is 12.1 Å². The number of hydrogen-bond donors (Lipinski definition) is 3. The van der Waals surface area contributed by atoms with Crippen molar-refractivity contribution in [1.82, 2.24) is 25.5 Å². The highest BCUT2D eigenvalue weighted by Gasteiger charge is 2.16. The number of nitrogens with zero attached hydrogens (tertiary/aromatic N) is 2. The Morgan fingerprint density at radius 3 is 3.06 bits per heavy atom. The van der Waals surface area contributed by atoms with Gasteiger partial charge in [-0.25, -0.2) is 14.9 Å². The average Bonchev–Trinajstić information content (AvgIpc) is 3.01. The van der Waals surface area contributed by atoms with Crippen LogP contribution in [0, 0.1) is 0 Å². The maximum Gasteiger partial charge on any atom is 0.340 e. The lowest BCUT2D eigenvalue weighted by atomic mass is 10.3. The summed E-state index contributed by atoms with van der Waals surface area (Å²) in [5, 5.41) is 9.36. The van der Waals surface area contributed by atoms with Gasteiger partial charge >= 0.3 is 5.69 Å². The van der Waals surface area contributed by atoms with E-state index in [1.807, 2.05) is 6.07 Å². The summed E-state index contributed by atoms with van der Waals surface area (Å²) in [7, 11) is 0. The summed E-state index contributed by atoms with van der Waals surface area (Å²) >= 11 is 0. The van der Waals surface area contributed by atoms with Crippen molar-refractivity contribution >= 4 is 0 Å². The molecule has 94 valence electrons. The summed E-state index contributed by atoms with van der Waals surface area (Å²) in [6.45, 7) is 0.969. The highest BCUT2D eigenvalue weighted by molar-refractivity contribution is 5.48. The van der Waals surface area contributed by atoms with Gasteiger partial charge in [0.2, 0.25) is 5.88 Å². The van der Waals surface area contributed by atoms with Gasteiger partial charge in [0.1, 0.15) is 5.69 Å². The normalized spacial score (nSPS) is 19.0. The molecule has 0 amide bonds. The maximum absolute atomic E-state index is 11.0. The molecule has 1 aliphatic rings. The van der Waals surface area contributed by atoms with Gasteiger partial charge in [0, 0.05) is 6.07 Å². The highest BCUT2D eigenvalue weighted by Crippen LogP contribution is 2.17. The zero-order chi connectivity index (χ0) is 12.4. The van der Waals surface area contributed by atoms with Crippen molar-refractivity contribution in [3.05, 3.63) is 28.7 Å². The number of pyridine rings is 1. The minimum absolute atomic E-state index is 0.0194. The molecule has 7 nitrogen and oxygen atoms in total. The lowest BCUT2D eigenvalue weighted by molar-refractivity contribution is 0.180. The molecule has 3 N–H and O–H groups in total. The average molecular weight is 247 g/mol. The van der Waals surface area contributed by atoms with Crippen molar-refractivity contribution < 1.29 is 4.74 Å². The van der Waals surface area contributed by atoms with Gasteiger partial charge < -0.3 is 4.74 Å². The molecule has 3 rings (SSSR count). The summed E-state index contributed by atoms with van der Waals surface area (Å²) in [6, 6.07) is 5.37. The molecule has 7 heteroatoms. The van der Waals surface area contributed by atoms with Crippen LogP contribution in [-0.4, -0.2) is 32.9 Å². The Kier molecular flexibility index (Phi) is 2.81. The molecule has 0 bridgehead atoms. The molecule has 1 aliphatic heterocycles. The van der Waals surface area contributed by atoms with Gasteiger partial charge in [-0.3, -0.25) is 10.3 Å². The van der Waals surface area contributed by atoms with E-state index in [0.717, 1.165) is 19.4 Å². The lowest BCUT2D eigenvalue weighted by Gasteiger charge is -2.12. The topological polar surface area (TPSA) is 95.7 Å². The quantitative estimate of drug-likeness (QED) is 0.722. The third-order valence-electron chi connectivity index (χ3n) is 2.75. The predicted molar refractivity (Wildman–Crippen MR) is 64.1 cm³/mol. The van der Waals surface area contributed by atoms with Crippen molar-refractivity contribution in [1.29, 1.82) is 0 Å². The molecule has 1 atom stereocenters. The van der Waals surface area contributed by atoms with E-state index in [1.165, 1.54) is 0 Å². The van der Waals surface area contributed by atoms with Crippen LogP contribution in [0.25, 0.3) is 11.5 Å². The van der Waals surface area contributed by atoms with Gasteiger partial charge in [0.15, 0.2) is 12.1 Å². The Labute approximate surface area is 103 Å². The number of aromatic amines is 2. The third kappa shape index (κ3) is 2.25. The molecule has 1 saturated heterocycles. The first kappa shape index (κ1) is 11.0. The van der Waals surface area contributed by atoms with Gasteiger partial charge in [-0.2, -0.15) is 5.10 Å². The predicted octanol–water partition coefficient (Wildman–Crippen LogP) is 0.248. The molecule has 18 heavy (non-hydrogen) atoms. The summed E-state index contributed by atoms with van der Waals surface area (Å²) < 4.78 is 5.69. The highest BCUT2D eigenvalue weighted by atomic mass is 16.5. The number of rotatable bonds is 3. The first-order valence-electron chi connectivity index (χ1n) is 5.83. The molecule has 1 fully saturated rings. The molecule has 0 saturated carbocycles. The lowest BCUT2D eigenvalue weighted by Crippen LogP contribution is -2.27. The Morgan fingerprint density at radius 2 is 2.33 bits per heavy atom. The van der Waals surface area contributed by atoms with Crippen LogP contribution in [0.2, 0.25) is 0 Å². The third-order valence-corrected chi connectivity index (χ3v) is 2.75. The van der Waals surface area contributed by atoms with E-state index in [2.05, 4.69) is 25.5 Å². The standard InChI is InChI=1S/C11H13N5O2/c17-11-14-10(15-16-11)7-3-1-4-9(13-7)18-8-5-2-6-12-8/h1,3-4,8,12H,2,5-6H2,(H2,14,15,16,17). The second-order valence-corrected chi connectivity index (χ2v) is 4.09. The Morgan fingerprint density at radius 1 is 1.39 bits per heavy atom. The van der Waals surface area contributed by atoms with E-state index in [9.17, 15) is 4.79 Å². The second-order valence-electron chi connectivity index (χ2n) is 4.09. The van der Waals surface area contributed by atoms with E-state index in [0.29, 0.717) is 17.4 Å². The fourth-order valence-electron chi connectivity index (χ4n) is 1.90. The van der Waals surface area contributed by atoms with Crippen LogP contribution < -0.4 is 15.7 Å². The summed E-state index contributed by atoms with van der Waals surface area (Å²) in [5.74, 6) is 0.931. The van der Waals surface area contributed by atoms with Gasteiger partial charge in [-0.1, -0.05) is 6.07 Å². The van der Waals surface area contributed by atoms with Crippen LogP contribution in [0.15, 0.2) is 23.0 Å². The largest absolute Gasteiger partial charge is 0.459 e. The SMILES string of the molecule is O=c1[nH]nc(-c2cccc(OC3CCCN3)n2)[nH]1. The van der Waals surface area contributed by atoms with E-state index < -0.39 is 0 Å². The Balaban J connectivity index is 1.82. The van der Waals surface area contributed by atoms with Crippen molar-refractivity contribution in [2.24, 2.45) is 0 Å². The molecule has 0 radical (unpaired) electrons. The minimum Gasteiger partial charge on any atom is -0.459 e. The monoisotopic (exact) mass is 247 g/mol. The summed E-state index contributed by atoms with van der Waals surface area (Å²) in [4.78, 5) is 17.8. The van der Waals surface area contributed by atoms with Gasteiger partial charge in [0.05, 0.1) is 0 Å². The molecule has 0 aliphatic carbocycles. The van der Waals surface area contributed by atoms with Crippen molar-refractivity contribution in [3.8, 4) is 17.4 Å². The fourth-order valence-corrected chi connectivity index (χ4v) is 1.90. The van der Waals surface area contributed by atoms with Crippen LogP contribution in [0.3, 0.4) is 0 Å². The van der Waals surface area contributed by atoms with E-state index >= 15 is 0 Å². The van der Waals surface area contributed by atoms with Gasteiger partial charge in [0.25, 0.3) is 0 Å². The zero-order valence-corrected chi connectivity index (χ0v) is 9.64. The van der Waals surface area contributed by atoms with Crippen molar-refractivity contribution in [3.63, 3.8) is 0 Å². The first-order chi connectivity index (χ1) is 8.81. The van der Waals surface area contributed by atoms with E-state index in [-0.39, 0.29) is 11.9 Å². The van der Waals surface area contributed by atoms with Crippen molar-refractivity contribution in [2.75, 3.05) is 6.54 Å². The number of hydrogen-bond acceptors (Lipinski definition) is 5. The second kappa shape index (κ2) is 4.61. The van der Waals surface area contributed by atoms with E-state index in [4.69, 9.17) is 4.74 Å². The summed E-state index contributed by atoms with van der Waals surface area (Å²) in [5.41, 5.74) is 0.222. The van der Waals surface area contributed by atoms with Gasteiger partial charge in [-0.05, 0) is 25.5 Å². The fraction of sp³-hybridized carbons (Fsp3) is 0.364. The Bertz CT molecular complexity index is 585. The molecular weight excluding hydrogens is 234 g/mol. The molecular formula is C11H13N5O2. The number of ether oxygens (including phenoxy) is 1. The zero-order valence-electron chi connectivity index (χ0n) is 9.64. The van der Waals surface area contributed by atoms with Crippen LogP contribution in [0.1, 0.15) is 12.8 Å². The van der Waals surface area contributed by atoms with Gasteiger partial charge in [-0.15, -0.1) is 0 Å². The first-order valence-corrected chi connectivity index (χ1v) is 5.83. The molecule has 3 heterocycles. The van der Waals surface area contributed by atoms with Crippen LogP contribution >= 0.6 is 0 Å². The molecule has 2 aromatic heterocycles. The summed E-state index contributed by atoms with van der Waals surface area (Å²) in [6.07, 6.45) is 2.10. The van der Waals surface area contributed by atoms with Crippen LogP contribution in [0.4, 0.5) is 0 Å². The molecule has 0 aromatic carbocycles. The van der Waals surface area contributed by atoms with Crippen molar-refractivity contribution in [2.45, 2.75) is 19.1 Å². The maximum atomic E-state index is 11.0. The molecule has 0 spiro atoms.